The van der Waals surface area contributed by atoms with Crippen LogP contribution in [0.3, 0.4) is 0 Å². The second kappa shape index (κ2) is 12.4. The molecular formula is C29H36N4O3. The second-order valence-corrected chi connectivity index (χ2v) is 9.05. The van der Waals surface area contributed by atoms with Crippen LogP contribution in [0.4, 0.5) is 5.69 Å². The first-order valence-electron chi connectivity index (χ1n) is 12.5. The summed E-state index contributed by atoms with van der Waals surface area (Å²) in [5.41, 5.74) is 4.54. The molecule has 0 spiro atoms. The molecule has 190 valence electrons. The van der Waals surface area contributed by atoms with Gasteiger partial charge in [-0.25, -0.2) is 0 Å². The van der Waals surface area contributed by atoms with Crippen molar-refractivity contribution in [3.63, 3.8) is 0 Å². The van der Waals surface area contributed by atoms with Crippen LogP contribution < -0.4 is 10.2 Å². The molecule has 0 aliphatic carbocycles. The number of aromatic nitrogens is 1. The lowest BCUT2D eigenvalue weighted by Gasteiger charge is -2.24. The van der Waals surface area contributed by atoms with Crippen LogP contribution in [0.1, 0.15) is 39.3 Å². The largest absolute Gasteiger partial charge is 0.394 e. The standard InChI is InChI=1S/C29H36N4O3/c1-5-13-33(14-6-2)24-10-9-21-15-23(8-7-22(21)16-24)28-12-11-27(32(28)4)20(3)26(17-30)29(36)31-18-25(35)19-34/h7-12,15-16,25,34-35H,5-6,13-14,18-19H2,1-4H3,(H,31,36). The maximum absolute atomic E-state index is 12.5. The van der Waals surface area contributed by atoms with Crippen LogP contribution in [0.15, 0.2) is 54.1 Å². The van der Waals surface area contributed by atoms with Gasteiger partial charge in [0.2, 0.25) is 0 Å². The zero-order chi connectivity index (χ0) is 26.2. The number of allylic oxidation sites excluding steroid dienone is 1. The van der Waals surface area contributed by atoms with Gasteiger partial charge in [0.25, 0.3) is 5.91 Å². The Bertz CT molecular complexity index is 1280. The summed E-state index contributed by atoms with van der Waals surface area (Å²) < 4.78 is 1.97. The number of benzene rings is 2. The SMILES string of the molecule is CCCN(CCC)c1ccc2cc(-c3ccc(C(C)=C(C#N)C(=O)NCC(O)CO)n3C)ccc2c1. The number of amides is 1. The molecular weight excluding hydrogens is 452 g/mol. The van der Waals surface area contributed by atoms with E-state index in [0.717, 1.165) is 48.3 Å². The minimum absolute atomic E-state index is 0.0253. The minimum atomic E-state index is -1.07. The molecule has 7 nitrogen and oxygen atoms in total. The summed E-state index contributed by atoms with van der Waals surface area (Å²) in [5.74, 6) is -0.577. The summed E-state index contributed by atoms with van der Waals surface area (Å²) in [6.45, 7) is 7.64. The van der Waals surface area contributed by atoms with Gasteiger partial charge in [0.05, 0.1) is 12.7 Å². The predicted molar refractivity (Wildman–Crippen MR) is 145 cm³/mol. The molecule has 3 aromatic rings. The minimum Gasteiger partial charge on any atom is -0.394 e. The smallest absolute Gasteiger partial charge is 0.262 e. The Morgan fingerprint density at radius 2 is 1.75 bits per heavy atom. The van der Waals surface area contributed by atoms with Crippen molar-refractivity contribution in [2.24, 2.45) is 7.05 Å². The summed E-state index contributed by atoms with van der Waals surface area (Å²) in [6.07, 6.45) is 1.15. The van der Waals surface area contributed by atoms with E-state index in [-0.39, 0.29) is 12.1 Å². The Morgan fingerprint density at radius 1 is 1.08 bits per heavy atom. The third-order valence-electron chi connectivity index (χ3n) is 6.40. The van der Waals surface area contributed by atoms with Gasteiger partial charge in [-0.3, -0.25) is 4.79 Å². The average molecular weight is 489 g/mol. The van der Waals surface area contributed by atoms with E-state index in [4.69, 9.17) is 5.11 Å². The van der Waals surface area contributed by atoms with Gasteiger partial charge in [-0.15, -0.1) is 0 Å². The third kappa shape index (κ3) is 5.96. The predicted octanol–water partition coefficient (Wildman–Crippen LogP) is 4.24. The number of nitrogens with zero attached hydrogens (tertiary/aromatic N) is 3. The molecule has 0 bridgehead atoms. The number of nitriles is 1. The highest BCUT2D eigenvalue weighted by Crippen LogP contribution is 2.30. The summed E-state index contributed by atoms with van der Waals surface area (Å²) in [4.78, 5) is 14.9. The number of fused-ring (bicyclic) bond motifs is 1. The van der Waals surface area contributed by atoms with E-state index in [0.29, 0.717) is 5.57 Å². The molecule has 1 atom stereocenters. The Kier molecular flexibility index (Phi) is 9.29. The van der Waals surface area contributed by atoms with Crippen molar-refractivity contribution < 1.29 is 15.0 Å². The van der Waals surface area contributed by atoms with E-state index >= 15 is 0 Å². The van der Waals surface area contributed by atoms with E-state index in [1.165, 1.54) is 11.1 Å². The molecule has 1 amide bonds. The molecule has 0 saturated carbocycles. The molecule has 1 heterocycles. The Labute approximate surface area is 213 Å². The van der Waals surface area contributed by atoms with Crippen LogP contribution in [0.25, 0.3) is 27.6 Å². The molecule has 0 aliphatic heterocycles. The highest BCUT2D eigenvalue weighted by Gasteiger charge is 2.18. The maximum atomic E-state index is 12.5. The Hall–Kier alpha value is -3.60. The van der Waals surface area contributed by atoms with E-state index in [9.17, 15) is 15.2 Å². The summed E-state index contributed by atoms with van der Waals surface area (Å²) in [7, 11) is 1.91. The van der Waals surface area contributed by atoms with Crippen molar-refractivity contribution in [1.82, 2.24) is 9.88 Å². The number of carbonyl (C=O) groups is 1. The fourth-order valence-corrected chi connectivity index (χ4v) is 4.47. The van der Waals surface area contributed by atoms with Gasteiger partial charge in [0.15, 0.2) is 0 Å². The zero-order valence-electron chi connectivity index (χ0n) is 21.6. The van der Waals surface area contributed by atoms with E-state index in [1.807, 2.05) is 29.8 Å². The first-order valence-corrected chi connectivity index (χ1v) is 12.5. The Morgan fingerprint density at radius 3 is 2.39 bits per heavy atom. The molecule has 0 fully saturated rings. The maximum Gasteiger partial charge on any atom is 0.262 e. The topological polar surface area (TPSA) is 102 Å². The molecule has 3 rings (SSSR count). The number of hydrogen-bond donors (Lipinski definition) is 3. The van der Waals surface area contributed by atoms with Crippen molar-refractivity contribution >= 4 is 27.9 Å². The highest BCUT2D eigenvalue weighted by molar-refractivity contribution is 6.04. The summed E-state index contributed by atoms with van der Waals surface area (Å²) in [5, 5.41) is 32.9. The normalized spacial score (nSPS) is 12.7. The highest BCUT2D eigenvalue weighted by atomic mass is 16.3. The molecule has 0 saturated heterocycles. The van der Waals surface area contributed by atoms with Gasteiger partial charge >= 0.3 is 0 Å². The van der Waals surface area contributed by atoms with Crippen LogP contribution in [0, 0.1) is 11.3 Å². The lowest BCUT2D eigenvalue weighted by Crippen LogP contribution is -2.34. The molecule has 0 aliphatic rings. The molecule has 36 heavy (non-hydrogen) atoms. The van der Waals surface area contributed by atoms with E-state index in [2.05, 4.69) is 60.5 Å². The first-order chi connectivity index (χ1) is 17.3. The lowest BCUT2D eigenvalue weighted by atomic mass is 10.0. The van der Waals surface area contributed by atoms with Gasteiger partial charge in [-0.1, -0.05) is 32.0 Å². The third-order valence-corrected chi connectivity index (χ3v) is 6.40. The van der Waals surface area contributed by atoms with E-state index in [1.54, 1.807) is 6.92 Å². The van der Waals surface area contributed by atoms with Crippen molar-refractivity contribution in [3.05, 3.63) is 59.8 Å². The quantitative estimate of drug-likeness (QED) is 0.277. The van der Waals surface area contributed by atoms with Crippen LogP contribution in [-0.2, 0) is 11.8 Å². The van der Waals surface area contributed by atoms with Gasteiger partial charge in [0, 0.05) is 43.8 Å². The second-order valence-electron chi connectivity index (χ2n) is 9.05. The molecule has 7 heteroatoms. The first kappa shape index (κ1) is 27.0. The van der Waals surface area contributed by atoms with Gasteiger partial charge < -0.3 is 25.0 Å². The number of aliphatic hydroxyl groups excluding tert-OH is 2. The van der Waals surface area contributed by atoms with Crippen molar-refractivity contribution in [3.8, 4) is 17.3 Å². The molecule has 3 N–H and O–H groups in total. The molecule has 1 unspecified atom stereocenters. The van der Waals surface area contributed by atoms with Gasteiger partial charge in [-0.05, 0) is 72.0 Å². The van der Waals surface area contributed by atoms with Gasteiger partial charge in [0.1, 0.15) is 11.6 Å². The number of rotatable bonds is 11. The van der Waals surface area contributed by atoms with Gasteiger partial charge in [-0.2, -0.15) is 5.26 Å². The van der Waals surface area contributed by atoms with Crippen LogP contribution in [0.5, 0.6) is 0 Å². The monoisotopic (exact) mass is 488 g/mol. The molecule has 1 aromatic heterocycles. The van der Waals surface area contributed by atoms with Crippen LogP contribution >= 0.6 is 0 Å². The summed E-state index contributed by atoms with van der Waals surface area (Å²) >= 11 is 0. The average Bonchev–Trinajstić information content (AvgIpc) is 3.27. The molecule has 2 aromatic carbocycles. The number of nitrogens with one attached hydrogen (secondary N) is 1. The zero-order valence-corrected chi connectivity index (χ0v) is 21.6. The fraction of sp³-hybridized carbons (Fsp3) is 0.379. The van der Waals surface area contributed by atoms with Crippen molar-refractivity contribution in [2.75, 3.05) is 31.1 Å². The fourth-order valence-electron chi connectivity index (χ4n) is 4.47. The molecule has 0 radical (unpaired) electrons. The number of hydrogen-bond acceptors (Lipinski definition) is 5. The van der Waals surface area contributed by atoms with Crippen LogP contribution in [0.2, 0.25) is 0 Å². The van der Waals surface area contributed by atoms with E-state index < -0.39 is 18.6 Å². The van der Waals surface area contributed by atoms with Crippen molar-refractivity contribution in [2.45, 2.75) is 39.7 Å². The summed E-state index contributed by atoms with van der Waals surface area (Å²) in [6, 6.07) is 18.9. The number of anilines is 1. The Balaban J connectivity index is 1.91. The lowest BCUT2D eigenvalue weighted by molar-refractivity contribution is -0.117. The number of aliphatic hydroxyl groups is 2. The van der Waals surface area contributed by atoms with Crippen LogP contribution in [-0.4, -0.2) is 53.0 Å². The van der Waals surface area contributed by atoms with Crippen molar-refractivity contribution in [1.29, 1.82) is 5.26 Å². The number of carbonyl (C=O) groups excluding carboxylic acids is 1.